The van der Waals surface area contributed by atoms with Gasteiger partial charge in [0.1, 0.15) is 5.75 Å². The standard InChI is InChI=1S/C34H56O/c1-3-5-7-13-24-34(25-14-10-15-26-34)27-23-32(29-30-17-11-9-12-18-30)31-19-21-33(22-20-31)35-28-16-8-6-4-2/h17,19-22,32H,3-16,18,23-29H2,1-2H3. The molecule has 0 bridgehead atoms. The van der Waals surface area contributed by atoms with Crippen molar-refractivity contribution in [3.63, 3.8) is 0 Å². The zero-order valence-electron chi connectivity index (χ0n) is 23.4. The van der Waals surface area contributed by atoms with Gasteiger partial charge in [-0.3, -0.25) is 0 Å². The largest absolute Gasteiger partial charge is 0.494 e. The van der Waals surface area contributed by atoms with Crippen LogP contribution in [0.25, 0.3) is 0 Å². The third kappa shape index (κ3) is 10.3. The van der Waals surface area contributed by atoms with Gasteiger partial charge in [0.2, 0.25) is 0 Å². The minimum atomic E-state index is 0.632. The number of rotatable bonds is 17. The van der Waals surface area contributed by atoms with Crippen molar-refractivity contribution in [2.24, 2.45) is 5.41 Å². The molecule has 198 valence electrons. The number of hydrogen-bond donors (Lipinski definition) is 0. The quantitative estimate of drug-likeness (QED) is 0.159. The van der Waals surface area contributed by atoms with E-state index in [9.17, 15) is 0 Å². The summed E-state index contributed by atoms with van der Waals surface area (Å²) in [5, 5.41) is 0. The number of benzene rings is 1. The van der Waals surface area contributed by atoms with Crippen LogP contribution in [0.3, 0.4) is 0 Å². The van der Waals surface area contributed by atoms with Crippen molar-refractivity contribution < 1.29 is 4.74 Å². The molecule has 3 rings (SSSR count). The highest BCUT2D eigenvalue weighted by Gasteiger charge is 2.32. The Hall–Kier alpha value is -1.24. The summed E-state index contributed by atoms with van der Waals surface area (Å²) in [6.45, 7) is 5.46. The highest BCUT2D eigenvalue weighted by Crippen LogP contribution is 2.47. The van der Waals surface area contributed by atoms with Gasteiger partial charge in [-0.15, -0.1) is 0 Å². The minimum absolute atomic E-state index is 0.632. The van der Waals surface area contributed by atoms with Gasteiger partial charge in [-0.25, -0.2) is 0 Å². The van der Waals surface area contributed by atoms with Crippen LogP contribution >= 0.6 is 0 Å². The van der Waals surface area contributed by atoms with Crippen molar-refractivity contribution >= 4 is 0 Å². The Morgan fingerprint density at radius 2 is 1.51 bits per heavy atom. The predicted octanol–water partition coefficient (Wildman–Crippen LogP) is 11.3. The fourth-order valence-corrected chi connectivity index (χ4v) is 6.68. The van der Waals surface area contributed by atoms with Gasteiger partial charge in [0, 0.05) is 0 Å². The maximum Gasteiger partial charge on any atom is 0.119 e. The molecule has 1 unspecified atom stereocenters. The lowest BCUT2D eigenvalue weighted by Gasteiger charge is -2.39. The van der Waals surface area contributed by atoms with E-state index in [2.05, 4.69) is 44.2 Å². The SMILES string of the molecule is CCCCCCOc1ccc(C(CCC2(CCCCCC)CCCCC2)CC2=CCCCC2)cc1. The van der Waals surface area contributed by atoms with Gasteiger partial charge in [-0.1, -0.05) is 102 Å². The first kappa shape index (κ1) is 28.3. The monoisotopic (exact) mass is 480 g/mol. The smallest absolute Gasteiger partial charge is 0.119 e. The molecule has 0 amide bonds. The summed E-state index contributed by atoms with van der Waals surface area (Å²) in [6, 6.07) is 9.28. The molecule has 1 saturated carbocycles. The van der Waals surface area contributed by atoms with E-state index in [0.29, 0.717) is 11.3 Å². The van der Waals surface area contributed by atoms with Gasteiger partial charge in [-0.05, 0) is 99.7 Å². The van der Waals surface area contributed by atoms with Crippen LogP contribution < -0.4 is 4.74 Å². The van der Waals surface area contributed by atoms with E-state index in [1.54, 1.807) is 11.1 Å². The fraction of sp³-hybridized carbons (Fsp3) is 0.765. The first-order valence-electron chi connectivity index (χ1n) is 15.7. The molecule has 0 saturated heterocycles. The molecule has 0 radical (unpaired) electrons. The van der Waals surface area contributed by atoms with Crippen LogP contribution in [-0.4, -0.2) is 6.61 Å². The topological polar surface area (TPSA) is 9.23 Å². The van der Waals surface area contributed by atoms with E-state index < -0.39 is 0 Å². The molecule has 2 aliphatic rings. The molecule has 1 nitrogen and oxygen atoms in total. The summed E-state index contributed by atoms with van der Waals surface area (Å²) in [5.74, 6) is 1.73. The number of allylic oxidation sites excluding steroid dienone is 2. The van der Waals surface area contributed by atoms with E-state index in [1.165, 1.54) is 135 Å². The lowest BCUT2D eigenvalue weighted by atomic mass is 9.66. The van der Waals surface area contributed by atoms with Crippen molar-refractivity contribution in [2.75, 3.05) is 6.61 Å². The Labute approximate surface area is 218 Å². The van der Waals surface area contributed by atoms with Crippen LogP contribution in [0.2, 0.25) is 0 Å². The lowest BCUT2D eigenvalue weighted by Crippen LogP contribution is -2.25. The first-order chi connectivity index (χ1) is 17.2. The number of hydrogen-bond acceptors (Lipinski definition) is 1. The predicted molar refractivity (Wildman–Crippen MR) is 153 cm³/mol. The second-order valence-electron chi connectivity index (χ2n) is 11.9. The fourth-order valence-electron chi connectivity index (χ4n) is 6.68. The zero-order chi connectivity index (χ0) is 24.6. The normalized spacial score (nSPS) is 18.7. The Balaban J connectivity index is 1.62. The third-order valence-electron chi connectivity index (χ3n) is 9.01. The van der Waals surface area contributed by atoms with Crippen LogP contribution in [-0.2, 0) is 0 Å². The van der Waals surface area contributed by atoms with Crippen LogP contribution in [0.5, 0.6) is 5.75 Å². The van der Waals surface area contributed by atoms with Crippen molar-refractivity contribution in [1.82, 2.24) is 0 Å². The molecule has 0 spiro atoms. The molecular formula is C34H56O. The summed E-state index contributed by atoms with van der Waals surface area (Å²) < 4.78 is 6.06. The molecule has 0 heterocycles. The van der Waals surface area contributed by atoms with E-state index >= 15 is 0 Å². The molecule has 1 aromatic rings. The Morgan fingerprint density at radius 3 is 2.20 bits per heavy atom. The second-order valence-corrected chi connectivity index (χ2v) is 11.9. The number of ether oxygens (including phenoxy) is 1. The molecule has 1 aromatic carbocycles. The Kier molecular flexibility index (Phi) is 13.4. The van der Waals surface area contributed by atoms with Gasteiger partial charge >= 0.3 is 0 Å². The van der Waals surface area contributed by atoms with Gasteiger partial charge in [0.25, 0.3) is 0 Å². The van der Waals surface area contributed by atoms with Gasteiger partial charge in [-0.2, -0.15) is 0 Å². The van der Waals surface area contributed by atoms with Gasteiger partial charge in [0.05, 0.1) is 6.61 Å². The summed E-state index contributed by atoms with van der Waals surface area (Å²) in [6.07, 6.45) is 31.6. The molecule has 1 atom stereocenters. The molecule has 0 aromatic heterocycles. The van der Waals surface area contributed by atoms with Gasteiger partial charge < -0.3 is 4.74 Å². The van der Waals surface area contributed by atoms with Crippen LogP contribution in [0.1, 0.15) is 160 Å². The average Bonchev–Trinajstić information content (AvgIpc) is 2.91. The molecule has 35 heavy (non-hydrogen) atoms. The van der Waals surface area contributed by atoms with Crippen molar-refractivity contribution in [3.8, 4) is 5.75 Å². The minimum Gasteiger partial charge on any atom is -0.494 e. The Bertz CT molecular complexity index is 694. The summed E-state index contributed by atoms with van der Waals surface area (Å²) >= 11 is 0. The first-order valence-corrected chi connectivity index (χ1v) is 15.7. The highest BCUT2D eigenvalue weighted by molar-refractivity contribution is 5.30. The van der Waals surface area contributed by atoms with Crippen LogP contribution in [0.15, 0.2) is 35.9 Å². The van der Waals surface area contributed by atoms with E-state index in [1.807, 2.05) is 0 Å². The zero-order valence-corrected chi connectivity index (χ0v) is 23.4. The summed E-state index contributed by atoms with van der Waals surface area (Å²) in [4.78, 5) is 0. The van der Waals surface area contributed by atoms with Crippen molar-refractivity contribution in [3.05, 3.63) is 41.5 Å². The molecule has 2 aliphatic carbocycles. The molecule has 1 heteroatoms. The van der Waals surface area contributed by atoms with Crippen LogP contribution in [0, 0.1) is 5.41 Å². The summed E-state index contributed by atoms with van der Waals surface area (Å²) in [5.41, 5.74) is 3.91. The average molecular weight is 481 g/mol. The maximum absolute atomic E-state index is 6.06. The van der Waals surface area contributed by atoms with E-state index in [0.717, 1.165) is 12.4 Å². The maximum atomic E-state index is 6.06. The molecule has 0 aliphatic heterocycles. The Morgan fingerprint density at radius 1 is 0.771 bits per heavy atom. The molecule has 1 fully saturated rings. The highest BCUT2D eigenvalue weighted by atomic mass is 16.5. The molecular weight excluding hydrogens is 424 g/mol. The summed E-state index contributed by atoms with van der Waals surface area (Å²) in [7, 11) is 0. The number of unbranched alkanes of at least 4 members (excludes halogenated alkanes) is 6. The third-order valence-corrected chi connectivity index (χ3v) is 9.01. The van der Waals surface area contributed by atoms with E-state index in [-0.39, 0.29) is 0 Å². The molecule has 0 N–H and O–H groups in total. The van der Waals surface area contributed by atoms with Crippen molar-refractivity contribution in [2.45, 2.75) is 155 Å². The van der Waals surface area contributed by atoms with Crippen molar-refractivity contribution in [1.29, 1.82) is 0 Å². The van der Waals surface area contributed by atoms with Gasteiger partial charge in [0.15, 0.2) is 0 Å². The van der Waals surface area contributed by atoms with E-state index in [4.69, 9.17) is 4.74 Å². The lowest BCUT2D eigenvalue weighted by molar-refractivity contribution is 0.144. The van der Waals surface area contributed by atoms with Crippen LogP contribution in [0.4, 0.5) is 0 Å². The second kappa shape index (κ2) is 16.5.